The molecule has 9 heteroatoms. The monoisotopic (exact) mass is 415 g/mol. The molecule has 136 valence electrons. The Bertz CT molecular complexity index is 869. The van der Waals surface area contributed by atoms with E-state index in [4.69, 9.17) is 39.5 Å². The highest BCUT2D eigenvalue weighted by Crippen LogP contribution is 2.31. The minimum atomic E-state index is -0.904. The van der Waals surface area contributed by atoms with Crippen LogP contribution in [0.1, 0.15) is 20.7 Å². The average Bonchev–Trinajstić information content (AvgIpc) is 2.63. The molecule has 0 fully saturated rings. The van der Waals surface area contributed by atoms with Crippen LogP contribution in [0.3, 0.4) is 0 Å². The third kappa shape index (κ3) is 4.66. The van der Waals surface area contributed by atoms with E-state index in [1.807, 2.05) is 0 Å². The predicted molar refractivity (Wildman–Crippen MR) is 98.2 cm³/mol. The van der Waals surface area contributed by atoms with Crippen molar-refractivity contribution >= 4 is 58.3 Å². The van der Waals surface area contributed by atoms with Gasteiger partial charge in [0.25, 0.3) is 5.91 Å². The van der Waals surface area contributed by atoms with Crippen LogP contribution in [0.5, 0.6) is 0 Å². The number of hydrogen-bond donors (Lipinski definition) is 1. The summed E-state index contributed by atoms with van der Waals surface area (Å²) in [6.07, 6.45) is 0. The number of hydrogen-bond acceptors (Lipinski definition) is 5. The second-order valence-corrected chi connectivity index (χ2v) is 6.07. The van der Waals surface area contributed by atoms with Crippen LogP contribution in [0.4, 0.5) is 5.69 Å². The summed E-state index contributed by atoms with van der Waals surface area (Å²) in [7, 11) is 1.22. The first-order valence-electron chi connectivity index (χ1n) is 7.13. The van der Waals surface area contributed by atoms with Crippen molar-refractivity contribution < 1.29 is 23.9 Å². The molecule has 0 radical (unpaired) electrons. The van der Waals surface area contributed by atoms with Crippen molar-refractivity contribution in [1.29, 1.82) is 0 Å². The van der Waals surface area contributed by atoms with Gasteiger partial charge in [0.2, 0.25) is 0 Å². The van der Waals surface area contributed by atoms with Gasteiger partial charge in [0.1, 0.15) is 0 Å². The Hall–Kier alpha value is -2.28. The molecule has 0 atom stereocenters. The molecule has 1 N–H and O–H groups in total. The van der Waals surface area contributed by atoms with Gasteiger partial charge in [-0.3, -0.25) is 4.79 Å². The molecular weight excluding hydrogens is 405 g/mol. The second kappa shape index (κ2) is 8.89. The normalized spacial score (nSPS) is 10.2. The number of carbonyl (C=O) groups is 3. The van der Waals surface area contributed by atoms with Gasteiger partial charge in [-0.15, -0.1) is 0 Å². The zero-order valence-electron chi connectivity index (χ0n) is 13.3. The van der Waals surface area contributed by atoms with E-state index in [2.05, 4.69) is 10.1 Å². The number of methoxy groups -OCH3 is 1. The Kier molecular flexibility index (Phi) is 6.85. The molecule has 0 saturated carbocycles. The highest BCUT2D eigenvalue weighted by atomic mass is 35.5. The molecule has 2 rings (SSSR count). The van der Waals surface area contributed by atoms with Crippen LogP contribution in [-0.2, 0) is 14.3 Å². The standard InChI is InChI=1S/C17H12Cl3NO5/c1-25-16(23)9-4-2-3-5-12(9)21-13(22)8-26-17(24)14-10(18)6-7-11(19)15(14)20/h2-7H,8H2,1H3,(H,21,22). The molecule has 26 heavy (non-hydrogen) atoms. The highest BCUT2D eigenvalue weighted by Gasteiger charge is 2.20. The first kappa shape index (κ1) is 20.0. The summed E-state index contributed by atoms with van der Waals surface area (Å²) in [4.78, 5) is 35.8. The minimum absolute atomic E-state index is 0.0424. The van der Waals surface area contributed by atoms with E-state index in [1.54, 1.807) is 12.1 Å². The number of ether oxygens (including phenoxy) is 2. The molecule has 0 saturated heterocycles. The largest absolute Gasteiger partial charge is 0.465 e. The van der Waals surface area contributed by atoms with Crippen molar-refractivity contribution in [3.8, 4) is 0 Å². The molecule has 0 aromatic heterocycles. The lowest BCUT2D eigenvalue weighted by Crippen LogP contribution is -2.22. The Morgan fingerprint density at radius 2 is 1.62 bits per heavy atom. The summed E-state index contributed by atoms with van der Waals surface area (Å²) in [6, 6.07) is 9.05. The molecule has 2 aromatic rings. The summed E-state index contributed by atoms with van der Waals surface area (Å²) in [5.41, 5.74) is 0.249. The summed E-state index contributed by atoms with van der Waals surface area (Å²) >= 11 is 17.7. The molecule has 0 unspecified atom stereocenters. The maximum atomic E-state index is 12.1. The number of carbonyl (C=O) groups excluding carboxylic acids is 3. The third-order valence-electron chi connectivity index (χ3n) is 3.19. The zero-order valence-corrected chi connectivity index (χ0v) is 15.6. The number of halogens is 3. The maximum absolute atomic E-state index is 12.1. The zero-order chi connectivity index (χ0) is 19.3. The fourth-order valence-corrected chi connectivity index (χ4v) is 2.67. The Balaban J connectivity index is 2.06. The molecule has 0 spiro atoms. The van der Waals surface area contributed by atoms with Gasteiger partial charge in [-0.1, -0.05) is 46.9 Å². The van der Waals surface area contributed by atoms with E-state index in [0.29, 0.717) is 0 Å². The summed E-state index contributed by atoms with van der Waals surface area (Å²) in [5, 5.41) is 2.56. The first-order chi connectivity index (χ1) is 12.3. The number of nitrogens with one attached hydrogen (secondary N) is 1. The Morgan fingerprint density at radius 3 is 2.31 bits per heavy atom. The van der Waals surface area contributed by atoms with Crippen molar-refractivity contribution in [2.45, 2.75) is 0 Å². The van der Waals surface area contributed by atoms with E-state index in [-0.39, 0.29) is 31.9 Å². The number of anilines is 1. The van der Waals surface area contributed by atoms with Crippen LogP contribution in [0.25, 0.3) is 0 Å². The van der Waals surface area contributed by atoms with Gasteiger partial charge in [-0.2, -0.15) is 0 Å². The van der Waals surface area contributed by atoms with Crippen LogP contribution >= 0.6 is 34.8 Å². The molecule has 0 aliphatic rings. The average molecular weight is 417 g/mol. The minimum Gasteiger partial charge on any atom is -0.465 e. The van der Waals surface area contributed by atoms with Gasteiger partial charge in [-0.05, 0) is 24.3 Å². The molecule has 0 aliphatic heterocycles. The van der Waals surface area contributed by atoms with E-state index in [1.165, 1.54) is 31.4 Å². The predicted octanol–water partition coefficient (Wildman–Crippen LogP) is 4.23. The highest BCUT2D eigenvalue weighted by molar-refractivity contribution is 6.46. The van der Waals surface area contributed by atoms with E-state index in [0.717, 1.165) is 0 Å². The Morgan fingerprint density at radius 1 is 0.962 bits per heavy atom. The summed E-state index contributed by atoms with van der Waals surface area (Å²) < 4.78 is 9.55. The fraction of sp³-hybridized carbons (Fsp3) is 0.118. The van der Waals surface area contributed by atoms with Crippen molar-refractivity contribution in [2.75, 3.05) is 19.0 Å². The lowest BCUT2D eigenvalue weighted by Gasteiger charge is -2.11. The van der Waals surface area contributed by atoms with Gasteiger partial charge >= 0.3 is 11.9 Å². The van der Waals surface area contributed by atoms with Crippen LogP contribution in [0, 0.1) is 0 Å². The van der Waals surface area contributed by atoms with Crippen molar-refractivity contribution in [3.05, 3.63) is 62.6 Å². The van der Waals surface area contributed by atoms with Crippen molar-refractivity contribution in [2.24, 2.45) is 0 Å². The van der Waals surface area contributed by atoms with Crippen molar-refractivity contribution in [1.82, 2.24) is 0 Å². The number of benzene rings is 2. The van der Waals surface area contributed by atoms with Gasteiger partial charge < -0.3 is 14.8 Å². The molecular formula is C17H12Cl3NO5. The SMILES string of the molecule is COC(=O)c1ccccc1NC(=O)COC(=O)c1c(Cl)ccc(Cl)c1Cl. The molecule has 0 aliphatic carbocycles. The van der Waals surface area contributed by atoms with Gasteiger partial charge in [0.05, 0.1) is 39.0 Å². The summed E-state index contributed by atoms with van der Waals surface area (Å²) in [6.45, 7) is -0.618. The molecule has 2 aromatic carbocycles. The molecule has 1 amide bonds. The van der Waals surface area contributed by atoms with Crippen molar-refractivity contribution in [3.63, 3.8) is 0 Å². The van der Waals surface area contributed by atoms with E-state index >= 15 is 0 Å². The van der Waals surface area contributed by atoms with Gasteiger partial charge in [0.15, 0.2) is 6.61 Å². The maximum Gasteiger partial charge on any atom is 0.341 e. The number of esters is 2. The van der Waals surface area contributed by atoms with Crippen LogP contribution in [-0.4, -0.2) is 31.6 Å². The molecule has 0 bridgehead atoms. The number of amides is 1. The van der Waals surface area contributed by atoms with Gasteiger partial charge in [0, 0.05) is 0 Å². The fourth-order valence-electron chi connectivity index (χ4n) is 1.98. The molecule has 0 heterocycles. The smallest absolute Gasteiger partial charge is 0.341 e. The topological polar surface area (TPSA) is 81.7 Å². The quantitative estimate of drug-likeness (QED) is 0.583. The molecule has 6 nitrogen and oxygen atoms in total. The second-order valence-electron chi connectivity index (χ2n) is 4.88. The first-order valence-corrected chi connectivity index (χ1v) is 8.26. The van der Waals surface area contributed by atoms with Crippen LogP contribution in [0.2, 0.25) is 15.1 Å². The van der Waals surface area contributed by atoms with Gasteiger partial charge in [-0.25, -0.2) is 9.59 Å². The summed E-state index contributed by atoms with van der Waals surface area (Å²) in [5.74, 6) is -2.18. The van der Waals surface area contributed by atoms with E-state index in [9.17, 15) is 14.4 Å². The van der Waals surface area contributed by atoms with Crippen LogP contribution < -0.4 is 5.32 Å². The number of para-hydroxylation sites is 1. The lowest BCUT2D eigenvalue weighted by atomic mass is 10.2. The van der Waals surface area contributed by atoms with E-state index < -0.39 is 24.5 Å². The third-order valence-corrected chi connectivity index (χ3v) is 4.31. The van der Waals surface area contributed by atoms with Crippen LogP contribution in [0.15, 0.2) is 36.4 Å². The number of rotatable bonds is 5. The lowest BCUT2D eigenvalue weighted by molar-refractivity contribution is -0.119. The Labute approximate surface area is 163 Å².